The van der Waals surface area contributed by atoms with E-state index in [4.69, 9.17) is 5.73 Å². The molecule has 0 aliphatic heterocycles. The largest absolute Gasteiger partial charge is 0.398 e. The van der Waals surface area contributed by atoms with Crippen molar-refractivity contribution in [2.45, 2.75) is 0 Å². The Morgan fingerprint density at radius 1 is 1.50 bits per heavy atom. The first-order valence-corrected chi connectivity index (χ1v) is 4.45. The first-order valence-electron chi connectivity index (χ1n) is 3.57. The van der Waals surface area contributed by atoms with E-state index >= 15 is 0 Å². The summed E-state index contributed by atoms with van der Waals surface area (Å²) in [6.07, 6.45) is 1.75. The zero-order valence-electron chi connectivity index (χ0n) is 6.45. The minimum Gasteiger partial charge on any atom is -0.398 e. The molecule has 0 atom stereocenters. The third-order valence-electron chi connectivity index (χ3n) is 1.78. The average Bonchev–Trinajstić information content (AvgIpc) is 2.52. The SMILES string of the molecule is C=Cc1c(N)ccc2scnc12. The predicted octanol–water partition coefficient (Wildman–Crippen LogP) is 2.52. The summed E-state index contributed by atoms with van der Waals surface area (Å²) in [6, 6.07) is 3.87. The van der Waals surface area contributed by atoms with Gasteiger partial charge in [0.2, 0.25) is 0 Å². The zero-order valence-corrected chi connectivity index (χ0v) is 7.27. The Hall–Kier alpha value is -1.35. The first kappa shape index (κ1) is 7.31. The number of thiazole rings is 1. The molecule has 0 radical (unpaired) electrons. The van der Waals surface area contributed by atoms with Gasteiger partial charge in [0.1, 0.15) is 0 Å². The van der Waals surface area contributed by atoms with Crippen LogP contribution in [0.5, 0.6) is 0 Å². The number of anilines is 1. The summed E-state index contributed by atoms with van der Waals surface area (Å²) in [5.41, 5.74) is 10.2. The number of rotatable bonds is 1. The highest BCUT2D eigenvalue weighted by molar-refractivity contribution is 7.16. The molecule has 1 heterocycles. The fraction of sp³-hybridized carbons (Fsp3) is 0. The second-order valence-corrected chi connectivity index (χ2v) is 3.36. The quantitative estimate of drug-likeness (QED) is 0.678. The Kier molecular flexibility index (Phi) is 1.59. The number of nitrogens with zero attached hydrogens (tertiary/aromatic N) is 1. The van der Waals surface area contributed by atoms with Crippen LogP contribution < -0.4 is 5.73 Å². The molecule has 0 aliphatic rings. The van der Waals surface area contributed by atoms with Crippen LogP contribution in [0.25, 0.3) is 16.3 Å². The highest BCUT2D eigenvalue weighted by Gasteiger charge is 2.03. The van der Waals surface area contributed by atoms with Crippen LogP contribution in [0.2, 0.25) is 0 Å². The number of hydrogen-bond acceptors (Lipinski definition) is 3. The van der Waals surface area contributed by atoms with E-state index in [-0.39, 0.29) is 0 Å². The third kappa shape index (κ3) is 0.905. The molecule has 0 fully saturated rings. The number of nitrogen functional groups attached to an aromatic ring is 1. The second kappa shape index (κ2) is 2.60. The van der Waals surface area contributed by atoms with E-state index in [0.29, 0.717) is 0 Å². The smallest absolute Gasteiger partial charge is 0.0904 e. The van der Waals surface area contributed by atoms with Crippen molar-refractivity contribution < 1.29 is 0 Å². The Bertz CT molecular complexity index is 431. The second-order valence-electron chi connectivity index (χ2n) is 2.47. The van der Waals surface area contributed by atoms with Crippen LogP contribution in [-0.4, -0.2) is 4.98 Å². The molecule has 0 amide bonds. The highest BCUT2D eigenvalue weighted by Crippen LogP contribution is 2.26. The maximum absolute atomic E-state index is 5.75. The fourth-order valence-corrected chi connectivity index (χ4v) is 1.87. The average molecular weight is 176 g/mol. The molecule has 2 rings (SSSR count). The Morgan fingerprint density at radius 3 is 3.08 bits per heavy atom. The fourth-order valence-electron chi connectivity index (χ4n) is 1.18. The first-order chi connectivity index (χ1) is 5.83. The number of aromatic nitrogens is 1. The van der Waals surface area contributed by atoms with Gasteiger partial charge in [0.25, 0.3) is 0 Å². The highest BCUT2D eigenvalue weighted by atomic mass is 32.1. The minimum absolute atomic E-state index is 0.739. The summed E-state index contributed by atoms with van der Waals surface area (Å²) in [5, 5.41) is 0. The molecule has 3 heteroatoms. The lowest BCUT2D eigenvalue weighted by Crippen LogP contribution is -1.89. The summed E-state index contributed by atoms with van der Waals surface area (Å²) in [7, 11) is 0. The molecule has 0 spiro atoms. The van der Waals surface area contributed by atoms with Crippen LogP contribution in [0.4, 0.5) is 5.69 Å². The lowest BCUT2D eigenvalue weighted by molar-refractivity contribution is 1.49. The molecule has 0 bridgehead atoms. The molecule has 0 saturated heterocycles. The summed E-state index contributed by atoms with van der Waals surface area (Å²) in [4.78, 5) is 4.22. The zero-order chi connectivity index (χ0) is 8.55. The topological polar surface area (TPSA) is 38.9 Å². The summed E-state index contributed by atoms with van der Waals surface area (Å²) in [6.45, 7) is 3.71. The number of nitrogens with two attached hydrogens (primary N) is 1. The normalized spacial score (nSPS) is 10.3. The van der Waals surface area contributed by atoms with Crippen molar-refractivity contribution in [1.82, 2.24) is 4.98 Å². The monoisotopic (exact) mass is 176 g/mol. The van der Waals surface area contributed by atoms with Gasteiger partial charge in [0, 0.05) is 11.3 Å². The minimum atomic E-state index is 0.739. The lowest BCUT2D eigenvalue weighted by atomic mass is 10.1. The molecule has 2 nitrogen and oxygen atoms in total. The van der Waals surface area contributed by atoms with E-state index in [2.05, 4.69) is 11.6 Å². The third-order valence-corrected chi connectivity index (χ3v) is 2.57. The standard InChI is InChI=1S/C9H8N2S/c1-2-6-7(10)3-4-8-9(6)11-5-12-8/h2-5H,1,10H2. The maximum Gasteiger partial charge on any atom is 0.0904 e. The molecule has 60 valence electrons. The van der Waals surface area contributed by atoms with Gasteiger partial charge >= 0.3 is 0 Å². The van der Waals surface area contributed by atoms with Gasteiger partial charge in [0.15, 0.2) is 0 Å². The van der Waals surface area contributed by atoms with Crippen LogP contribution in [0.3, 0.4) is 0 Å². The Morgan fingerprint density at radius 2 is 2.33 bits per heavy atom. The van der Waals surface area contributed by atoms with Crippen molar-refractivity contribution >= 4 is 33.3 Å². The van der Waals surface area contributed by atoms with Gasteiger partial charge in [0.05, 0.1) is 15.7 Å². The van der Waals surface area contributed by atoms with E-state index in [9.17, 15) is 0 Å². The molecule has 0 aliphatic carbocycles. The molecule has 1 aromatic carbocycles. The van der Waals surface area contributed by atoms with Gasteiger partial charge in [-0.3, -0.25) is 0 Å². The van der Waals surface area contributed by atoms with Crippen molar-refractivity contribution in [2.75, 3.05) is 5.73 Å². The van der Waals surface area contributed by atoms with Gasteiger partial charge in [-0.05, 0) is 12.1 Å². The summed E-state index contributed by atoms with van der Waals surface area (Å²) >= 11 is 1.61. The van der Waals surface area contributed by atoms with E-state index in [1.54, 1.807) is 17.4 Å². The molecule has 0 unspecified atom stereocenters. The van der Waals surface area contributed by atoms with Gasteiger partial charge in [-0.1, -0.05) is 12.7 Å². The van der Waals surface area contributed by atoms with Crippen molar-refractivity contribution in [3.63, 3.8) is 0 Å². The van der Waals surface area contributed by atoms with Crippen LogP contribution in [0.15, 0.2) is 24.2 Å². The van der Waals surface area contributed by atoms with Crippen LogP contribution in [0.1, 0.15) is 5.56 Å². The van der Waals surface area contributed by atoms with Gasteiger partial charge < -0.3 is 5.73 Å². The van der Waals surface area contributed by atoms with E-state index in [0.717, 1.165) is 21.5 Å². The van der Waals surface area contributed by atoms with Gasteiger partial charge in [-0.15, -0.1) is 11.3 Å². The van der Waals surface area contributed by atoms with Gasteiger partial charge in [-0.2, -0.15) is 0 Å². The maximum atomic E-state index is 5.75. The molecule has 12 heavy (non-hydrogen) atoms. The molecule has 2 N–H and O–H groups in total. The Balaban J connectivity index is 2.91. The molecule has 2 aromatic rings. The lowest BCUT2D eigenvalue weighted by Gasteiger charge is -1.99. The molecular weight excluding hydrogens is 168 g/mol. The van der Waals surface area contributed by atoms with Crippen molar-refractivity contribution in [3.8, 4) is 0 Å². The van der Waals surface area contributed by atoms with E-state index in [1.165, 1.54) is 0 Å². The van der Waals surface area contributed by atoms with Crippen LogP contribution in [0, 0.1) is 0 Å². The molecule has 0 saturated carbocycles. The molecular formula is C9H8N2S. The van der Waals surface area contributed by atoms with Gasteiger partial charge in [-0.25, -0.2) is 4.98 Å². The van der Waals surface area contributed by atoms with E-state index in [1.807, 2.05) is 17.6 Å². The van der Waals surface area contributed by atoms with Crippen molar-refractivity contribution in [2.24, 2.45) is 0 Å². The van der Waals surface area contributed by atoms with Crippen molar-refractivity contribution in [1.29, 1.82) is 0 Å². The number of benzene rings is 1. The summed E-state index contributed by atoms with van der Waals surface area (Å²) < 4.78 is 1.15. The summed E-state index contributed by atoms with van der Waals surface area (Å²) in [5.74, 6) is 0. The number of hydrogen-bond donors (Lipinski definition) is 1. The van der Waals surface area contributed by atoms with E-state index < -0.39 is 0 Å². The van der Waals surface area contributed by atoms with Crippen LogP contribution in [-0.2, 0) is 0 Å². The van der Waals surface area contributed by atoms with Crippen LogP contribution >= 0.6 is 11.3 Å². The predicted molar refractivity (Wildman–Crippen MR) is 54.1 cm³/mol. The molecule has 1 aromatic heterocycles. The number of fused-ring (bicyclic) bond motifs is 1. The van der Waals surface area contributed by atoms with Crippen molar-refractivity contribution in [3.05, 3.63) is 29.8 Å². The Labute approximate surface area is 74.4 Å².